The van der Waals surface area contributed by atoms with Crippen LogP contribution in [-0.2, 0) is 4.79 Å². The van der Waals surface area contributed by atoms with Gasteiger partial charge in [0, 0.05) is 6.04 Å². The fourth-order valence-electron chi connectivity index (χ4n) is 3.04. The molecule has 0 bridgehead atoms. The van der Waals surface area contributed by atoms with Crippen molar-refractivity contribution in [1.29, 1.82) is 0 Å². The molecule has 2 aromatic carbocycles. The van der Waals surface area contributed by atoms with Crippen LogP contribution in [0.4, 0.5) is 0 Å². The normalized spacial score (nSPS) is 14.7. The Balaban J connectivity index is 1.68. The zero-order chi connectivity index (χ0) is 18.8. The number of carbonyl (C=O) groups is 1. The van der Waals surface area contributed by atoms with E-state index in [4.69, 9.17) is 0 Å². The summed E-state index contributed by atoms with van der Waals surface area (Å²) in [6.07, 6.45) is 2.11. The molecular formula is C20H21N5OS. The van der Waals surface area contributed by atoms with Crippen LogP contribution in [0.15, 0.2) is 53.7 Å². The number of aromatic nitrogens is 4. The van der Waals surface area contributed by atoms with Crippen LogP contribution in [0, 0.1) is 13.8 Å². The molecule has 1 saturated carbocycles. The van der Waals surface area contributed by atoms with E-state index in [1.54, 1.807) is 4.68 Å². The standard InChI is InChI=1S/C20H21N5OS/c1-13-7-6-8-14(2)17(13)25-20(22-23-24-25)27-18(15-9-4-3-5-10-15)19(26)21-16-11-12-16/h3-10,16,18H,11-12H2,1-2H3,(H,21,26)/t18-/m1/s1. The van der Waals surface area contributed by atoms with Crippen LogP contribution in [0.2, 0.25) is 0 Å². The van der Waals surface area contributed by atoms with Crippen molar-refractivity contribution >= 4 is 17.7 Å². The first-order valence-corrected chi connectivity index (χ1v) is 9.88. The van der Waals surface area contributed by atoms with Crippen molar-refractivity contribution < 1.29 is 4.79 Å². The first-order valence-electron chi connectivity index (χ1n) is 9.00. The quantitative estimate of drug-likeness (QED) is 0.665. The predicted octanol–water partition coefficient (Wildman–Crippen LogP) is 3.39. The molecule has 0 saturated heterocycles. The molecule has 6 nitrogen and oxygen atoms in total. The van der Waals surface area contributed by atoms with Gasteiger partial charge in [0.05, 0.1) is 5.69 Å². The number of amides is 1. The van der Waals surface area contributed by atoms with Crippen molar-refractivity contribution in [3.8, 4) is 5.69 Å². The summed E-state index contributed by atoms with van der Waals surface area (Å²) in [6.45, 7) is 4.07. The fourth-order valence-corrected chi connectivity index (χ4v) is 4.03. The number of rotatable bonds is 6. The number of para-hydroxylation sites is 1. The highest BCUT2D eigenvalue weighted by molar-refractivity contribution is 8.00. The van der Waals surface area contributed by atoms with Gasteiger partial charge >= 0.3 is 0 Å². The number of hydrogen-bond acceptors (Lipinski definition) is 5. The van der Waals surface area contributed by atoms with Gasteiger partial charge in [-0.15, -0.1) is 5.10 Å². The second-order valence-corrected chi connectivity index (χ2v) is 7.88. The van der Waals surface area contributed by atoms with Gasteiger partial charge in [0.25, 0.3) is 0 Å². The van der Waals surface area contributed by atoms with Gasteiger partial charge in [-0.1, -0.05) is 60.3 Å². The molecule has 0 aliphatic heterocycles. The number of thioether (sulfide) groups is 1. The molecule has 1 aliphatic carbocycles. The topological polar surface area (TPSA) is 72.7 Å². The summed E-state index contributed by atoms with van der Waals surface area (Å²) >= 11 is 1.38. The fraction of sp³-hybridized carbons (Fsp3) is 0.300. The predicted molar refractivity (Wildman–Crippen MR) is 105 cm³/mol. The molecule has 27 heavy (non-hydrogen) atoms. The molecular weight excluding hydrogens is 358 g/mol. The lowest BCUT2D eigenvalue weighted by Gasteiger charge is -2.17. The lowest BCUT2D eigenvalue weighted by atomic mass is 10.1. The molecule has 1 atom stereocenters. The van der Waals surface area contributed by atoms with Gasteiger partial charge < -0.3 is 5.32 Å². The summed E-state index contributed by atoms with van der Waals surface area (Å²) in [5, 5.41) is 15.6. The molecule has 1 aliphatic rings. The Hall–Kier alpha value is -2.67. The minimum absolute atomic E-state index is 0.00440. The Morgan fingerprint density at radius 3 is 2.48 bits per heavy atom. The number of carbonyl (C=O) groups excluding carboxylic acids is 1. The van der Waals surface area contributed by atoms with Gasteiger partial charge in [-0.3, -0.25) is 4.79 Å². The van der Waals surface area contributed by atoms with E-state index in [1.165, 1.54) is 11.8 Å². The van der Waals surface area contributed by atoms with Crippen LogP contribution in [0.3, 0.4) is 0 Å². The molecule has 1 N–H and O–H groups in total. The van der Waals surface area contributed by atoms with Crippen molar-refractivity contribution in [2.24, 2.45) is 0 Å². The van der Waals surface area contributed by atoms with Gasteiger partial charge in [-0.2, -0.15) is 4.68 Å². The number of tetrazole rings is 1. The van der Waals surface area contributed by atoms with E-state index in [9.17, 15) is 4.79 Å². The van der Waals surface area contributed by atoms with E-state index in [1.807, 2.05) is 62.4 Å². The molecule has 0 radical (unpaired) electrons. The number of hydrogen-bond donors (Lipinski definition) is 1. The summed E-state index contributed by atoms with van der Waals surface area (Å²) in [7, 11) is 0. The van der Waals surface area contributed by atoms with Crippen LogP contribution in [0.25, 0.3) is 5.69 Å². The van der Waals surface area contributed by atoms with Crippen LogP contribution < -0.4 is 5.32 Å². The Morgan fingerprint density at radius 1 is 1.11 bits per heavy atom. The molecule has 4 rings (SSSR count). The Labute approximate surface area is 162 Å². The first-order chi connectivity index (χ1) is 13.1. The average Bonchev–Trinajstić information content (AvgIpc) is 3.36. The molecule has 0 unspecified atom stereocenters. The van der Waals surface area contributed by atoms with E-state index < -0.39 is 5.25 Å². The molecule has 3 aromatic rings. The van der Waals surface area contributed by atoms with Crippen molar-refractivity contribution in [1.82, 2.24) is 25.5 Å². The van der Waals surface area contributed by atoms with Crippen molar-refractivity contribution in [2.45, 2.75) is 43.1 Å². The maximum absolute atomic E-state index is 12.9. The second kappa shape index (κ2) is 7.52. The summed E-state index contributed by atoms with van der Waals surface area (Å²) in [6, 6.07) is 16.2. The van der Waals surface area contributed by atoms with Gasteiger partial charge in [0.2, 0.25) is 11.1 Å². The van der Waals surface area contributed by atoms with Crippen molar-refractivity contribution in [2.75, 3.05) is 0 Å². The van der Waals surface area contributed by atoms with Crippen LogP contribution in [0.5, 0.6) is 0 Å². The zero-order valence-electron chi connectivity index (χ0n) is 15.3. The highest BCUT2D eigenvalue weighted by Crippen LogP contribution is 2.36. The molecule has 0 spiro atoms. The highest BCUT2D eigenvalue weighted by atomic mass is 32.2. The minimum Gasteiger partial charge on any atom is -0.352 e. The number of nitrogens with one attached hydrogen (secondary N) is 1. The van der Waals surface area contributed by atoms with Crippen molar-refractivity contribution in [3.63, 3.8) is 0 Å². The lowest BCUT2D eigenvalue weighted by molar-refractivity contribution is -0.120. The number of aryl methyl sites for hydroxylation is 2. The molecule has 138 valence electrons. The van der Waals surface area contributed by atoms with E-state index in [0.717, 1.165) is 35.2 Å². The largest absolute Gasteiger partial charge is 0.352 e. The molecule has 1 heterocycles. The Morgan fingerprint density at radius 2 is 1.81 bits per heavy atom. The third-order valence-corrected chi connectivity index (χ3v) is 5.77. The lowest BCUT2D eigenvalue weighted by Crippen LogP contribution is -2.30. The summed E-state index contributed by atoms with van der Waals surface area (Å²) in [4.78, 5) is 12.9. The van der Waals surface area contributed by atoms with Crippen LogP contribution in [0.1, 0.15) is 34.8 Å². The molecule has 1 fully saturated rings. The summed E-state index contributed by atoms with van der Waals surface area (Å²) < 4.78 is 1.73. The summed E-state index contributed by atoms with van der Waals surface area (Å²) in [5.41, 5.74) is 4.07. The van der Waals surface area contributed by atoms with E-state index in [-0.39, 0.29) is 5.91 Å². The van der Waals surface area contributed by atoms with Gasteiger partial charge in [0.1, 0.15) is 5.25 Å². The smallest absolute Gasteiger partial charge is 0.238 e. The second-order valence-electron chi connectivity index (χ2n) is 6.81. The number of benzene rings is 2. The van der Waals surface area contributed by atoms with E-state index in [2.05, 4.69) is 20.8 Å². The molecule has 7 heteroatoms. The third-order valence-electron chi connectivity index (χ3n) is 4.58. The monoisotopic (exact) mass is 379 g/mol. The number of nitrogens with zero attached hydrogens (tertiary/aromatic N) is 4. The Kier molecular flexibility index (Phi) is 4.94. The highest BCUT2D eigenvalue weighted by Gasteiger charge is 2.30. The van der Waals surface area contributed by atoms with Crippen LogP contribution in [-0.4, -0.2) is 32.2 Å². The summed E-state index contributed by atoms with van der Waals surface area (Å²) in [5.74, 6) is 0.00440. The van der Waals surface area contributed by atoms with Crippen molar-refractivity contribution in [3.05, 3.63) is 65.2 Å². The maximum atomic E-state index is 12.9. The zero-order valence-corrected chi connectivity index (χ0v) is 16.1. The van der Waals surface area contributed by atoms with E-state index >= 15 is 0 Å². The van der Waals surface area contributed by atoms with Crippen LogP contribution >= 0.6 is 11.8 Å². The minimum atomic E-state index is -0.402. The average molecular weight is 379 g/mol. The SMILES string of the molecule is Cc1cccc(C)c1-n1nnnc1S[C@@H](C(=O)NC1CC1)c1ccccc1. The third kappa shape index (κ3) is 3.88. The maximum Gasteiger partial charge on any atom is 0.238 e. The van der Waals surface area contributed by atoms with E-state index in [0.29, 0.717) is 11.2 Å². The molecule has 1 amide bonds. The first kappa shape index (κ1) is 17.7. The van der Waals surface area contributed by atoms with Gasteiger partial charge in [-0.05, 0) is 53.8 Å². The molecule has 1 aromatic heterocycles. The van der Waals surface area contributed by atoms with Gasteiger partial charge in [-0.25, -0.2) is 0 Å². The van der Waals surface area contributed by atoms with Gasteiger partial charge in [0.15, 0.2) is 0 Å². The Bertz CT molecular complexity index is 932.